The topological polar surface area (TPSA) is 415 Å². The lowest BCUT2D eigenvalue weighted by atomic mass is 10.2. The molecule has 20 nitrogen and oxygen atoms in total. The summed E-state index contributed by atoms with van der Waals surface area (Å²) >= 11 is 0. The van der Waals surface area contributed by atoms with Gasteiger partial charge in [0.2, 0.25) is 0 Å². The molecule has 32 heavy (non-hydrogen) atoms. The maximum Gasteiger partial charge on any atom is 0.335 e. The first-order chi connectivity index (χ1) is 13.4. The zero-order valence-electron chi connectivity index (χ0n) is 15.7. The molecule has 0 amide bonds. The molecule has 0 heterocycles. The highest BCUT2D eigenvalue weighted by Crippen LogP contribution is 1.94. The lowest BCUT2D eigenvalue weighted by Crippen LogP contribution is -2.39. The minimum Gasteiger partial charge on any atom is -0.479 e. The van der Waals surface area contributed by atoms with Crippen LogP contribution in [0.25, 0.3) is 0 Å². The molecule has 0 aliphatic carbocycles. The van der Waals surface area contributed by atoms with Crippen molar-refractivity contribution < 1.29 is 90.0 Å². The van der Waals surface area contributed by atoms with Gasteiger partial charge in [-0.2, -0.15) is 0 Å². The number of hydrogen-bond donors (Lipinski definition) is 14. The van der Waals surface area contributed by atoms with E-state index in [1.165, 1.54) is 0 Å². The monoisotopic (exact) mass is 484 g/mol. The maximum atomic E-state index is 9.77. The molecule has 0 spiro atoms. The second kappa shape index (κ2) is 18.3. The van der Waals surface area contributed by atoms with Crippen molar-refractivity contribution in [2.24, 2.45) is 0 Å². The molecule has 190 valence electrons. The van der Waals surface area contributed by atoms with Crippen LogP contribution in [0.1, 0.15) is 0 Å². The number of aliphatic carboxylic acids is 6. The summed E-state index contributed by atoms with van der Waals surface area (Å²) in [5, 5.41) is 97.6. The van der Waals surface area contributed by atoms with E-state index in [-0.39, 0.29) is 12.3 Å². The molecule has 0 aromatic rings. The van der Waals surface area contributed by atoms with Crippen LogP contribution in [-0.2, 0) is 28.8 Å². The molecule has 0 saturated heterocycles. The molecule has 0 saturated carbocycles. The summed E-state index contributed by atoms with van der Waals surface area (Å²) < 4.78 is 0. The Hall–Kier alpha value is -3.50. The summed E-state index contributed by atoms with van der Waals surface area (Å²) in [5.41, 5.74) is 0. The highest BCUT2D eigenvalue weighted by atomic mass is 16.5. The Balaban J connectivity index is -0.000000110. The summed E-state index contributed by atoms with van der Waals surface area (Å²) in [4.78, 5) is 58.6. The van der Waals surface area contributed by atoms with E-state index in [4.69, 9.17) is 61.3 Å². The zero-order valence-corrected chi connectivity index (χ0v) is 15.7. The van der Waals surface area contributed by atoms with Gasteiger partial charge in [0.05, 0.1) is 0 Å². The molecule has 20 heteroatoms. The first-order valence-corrected chi connectivity index (χ1v) is 6.85. The van der Waals surface area contributed by atoms with Crippen LogP contribution in [-0.4, -0.2) is 134 Å². The van der Waals surface area contributed by atoms with Crippen molar-refractivity contribution >= 4 is 35.8 Å². The molecule has 6 atom stereocenters. The van der Waals surface area contributed by atoms with Crippen molar-refractivity contribution in [1.29, 1.82) is 0 Å². The average Bonchev–Trinajstić information content (AvgIpc) is 2.64. The Morgan fingerprint density at radius 3 is 0.406 bits per heavy atom. The molecule has 0 radical (unpaired) electrons. The van der Waals surface area contributed by atoms with Gasteiger partial charge < -0.3 is 73.6 Å². The van der Waals surface area contributed by atoms with Crippen molar-refractivity contribution in [3.05, 3.63) is 0 Å². The Bertz CT molecular complexity index is 498. The fourth-order valence-electron chi connectivity index (χ4n) is 0.810. The molecular weight excluding hydrogens is 460 g/mol. The third kappa shape index (κ3) is 16.3. The molecule has 6 unspecified atom stereocenters. The van der Waals surface area contributed by atoms with Gasteiger partial charge in [-0.1, -0.05) is 0 Å². The molecule has 0 aromatic carbocycles. The minimum atomic E-state index is -2.27. The fraction of sp³-hybridized carbons (Fsp3) is 0.500. The second-order valence-electron chi connectivity index (χ2n) is 4.70. The minimum absolute atomic E-state index is 0. The predicted molar refractivity (Wildman–Crippen MR) is 91.9 cm³/mol. The molecular formula is C12H24N2O18. The van der Waals surface area contributed by atoms with Crippen molar-refractivity contribution in [1.82, 2.24) is 12.3 Å². The normalized spacial score (nSPS) is 14.8. The van der Waals surface area contributed by atoms with Crippen LogP contribution in [0.2, 0.25) is 0 Å². The van der Waals surface area contributed by atoms with E-state index in [1.807, 2.05) is 0 Å². The zero-order chi connectivity index (χ0) is 24.9. The van der Waals surface area contributed by atoms with Crippen LogP contribution in [0.15, 0.2) is 0 Å². The van der Waals surface area contributed by atoms with E-state index in [1.54, 1.807) is 0 Å². The molecule has 0 aliphatic heterocycles. The number of hydrogen-bond acceptors (Lipinski definition) is 14. The van der Waals surface area contributed by atoms with Gasteiger partial charge in [-0.05, 0) is 0 Å². The van der Waals surface area contributed by atoms with Crippen LogP contribution in [0.5, 0.6) is 0 Å². The van der Waals surface area contributed by atoms with Crippen LogP contribution in [0.4, 0.5) is 0 Å². The Kier molecular flexibility index (Phi) is 22.3. The lowest BCUT2D eigenvalue weighted by molar-refractivity contribution is -0.165. The first kappa shape index (κ1) is 39.0. The van der Waals surface area contributed by atoms with Crippen LogP contribution in [0, 0.1) is 0 Å². The number of carboxylic acids is 6. The maximum absolute atomic E-state index is 9.77. The van der Waals surface area contributed by atoms with Crippen LogP contribution < -0.4 is 12.3 Å². The third-order valence-corrected chi connectivity index (χ3v) is 2.42. The van der Waals surface area contributed by atoms with Gasteiger partial charge in [0.25, 0.3) is 0 Å². The molecule has 0 fully saturated rings. The summed E-state index contributed by atoms with van der Waals surface area (Å²) in [7, 11) is 0. The van der Waals surface area contributed by atoms with Gasteiger partial charge in [0.1, 0.15) is 0 Å². The van der Waals surface area contributed by atoms with E-state index < -0.39 is 72.4 Å². The largest absolute Gasteiger partial charge is 0.479 e. The smallest absolute Gasteiger partial charge is 0.335 e. The number of rotatable bonds is 9. The standard InChI is InChI=1S/3C4H6O6.2H3N/c3*5-1(3(7)8)2(6)4(9)10;;/h3*1-2,5-6H,(H,7,8)(H,9,10);2*1H3. The average molecular weight is 484 g/mol. The Morgan fingerprint density at radius 1 is 0.312 bits per heavy atom. The summed E-state index contributed by atoms with van der Waals surface area (Å²) in [6, 6.07) is 0. The van der Waals surface area contributed by atoms with E-state index in [9.17, 15) is 28.8 Å². The van der Waals surface area contributed by atoms with Crippen LogP contribution in [0.3, 0.4) is 0 Å². The van der Waals surface area contributed by atoms with Gasteiger partial charge >= 0.3 is 35.8 Å². The number of aliphatic hydroxyl groups is 6. The fourth-order valence-corrected chi connectivity index (χ4v) is 0.810. The molecule has 0 aromatic heterocycles. The predicted octanol–water partition coefficient (Wildman–Crippen LogP) is -6.04. The highest BCUT2D eigenvalue weighted by molar-refractivity contribution is 5.84. The lowest BCUT2D eigenvalue weighted by Gasteiger charge is -2.07. The highest BCUT2D eigenvalue weighted by Gasteiger charge is 2.30. The number of aliphatic hydroxyl groups excluding tert-OH is 6. The number of carboxylic acid groups (broad SMARTS) is 6. The van der Waals surface area contributed by atoms with Crippen LogP contribution >= 0.6 is 0 Å². The summed E-state index contributed by atoms with van der Waals surface area (Å²) in [6.45, 7) is 0. The summed E-state index contributed by atoms with van der Waals surface area (Å²) in [6.07, 6.45) is -13.6. The van der Waals surface area contributed by atoms with Crippen molar-refractivity contribution in [3.8, 4) is 0 Å². The van der Waals surface area contributed by atoms with Gasteiger partial charge in [-0.3, -0.25) is 0 Å². The summed E-state index contributed by atoms with van der Waals surface area (Å²) in [5.74, 6) is -10.6. The first-order valence-electron chi connectivity index (χ1n) is 6.85. The van der Waals surface area contributed by atoms with Crippen molar-refractivity contribution in [2.45, 2.75) is 36.6 Å². The van der Waals surface area contributed by atoms with E-state index >= 15 is 0 Å². The molecule has 0 aliphatic rings. The SMILES string of the molecule is N.N.O=C(O)C(O)C(O)C(=O)O.O=C(O)C(O)C(O)C(=O)O.O=C(O)C(O)C(O)C(=O)O. The van der Waals surface area contributed by atoms with Gasteiger partial charge in [-0.15, -0.1) is 0 Å². The van der Waals surface area contributed by atoms with Gasteiger partial charge in [-0.25, -0.2) is 28.8 Å². The quantitative estimate of drug-likeness (QED) is 0.145. The molecule has 0 bridgehead atoms. The van der Waals surface area contributed by atoms with E-state index in [2.05, 4.69) is 0 Å². The van der Waals surface area contributed by atoms with Crippen molar-refractivity contribution in [2.75, 3.05) is 0 Å². The van der Waals surface area contributed by atoms with Gasteiger partial charge in [0, 0.05) is 0 Å². The Morgan fingerprint density at radius 2 is 0.375 bits per heavy atom. The molecule has 18 N–H and O–H groups in total. The van der Waals surface area contributed by atoms with E-state index in [0.29, 0.717) is 0 Å². The molecule has 0 rings (SSSR count). The second-order valence-corrected chi connectivity index (χ2v) is 4.70. The Labute approximate surface area is 176 Å². The number of carbonyl (C=O) groups is 6. The van der Waals surface area contributed by atoms with E-state index in [0.717, 1.165) is 0 Å². The van der Waals surface area contributed by atoms with Crippen molar-refractivity contribution in [3.63, 3.8) is 0 Å². The van der Waals surface area contributed by atoms with Gasteiger partial charge in [0.15, 0.2) is 36.6 Å². The third-order valence-electron chi connectivity index (χ3n) is 2.42.